The first-order valence-electron chi connectivity index (χ1n) is 7.83. The maximum absolute atomic E-state index is 12.7. The summed E-state index contributed by atoms with van der Waals surface area (Å²) in [4.78, 5) is 25.7. The summed E-state index contributed by atoms with van der Waals surface area (Å²) in [6, 6.07) is 16.3. The van der Waals surface area contributed by atoms with Crippen LogP contribution in [-0.4, -0.2) is 29.9 Å². The van der Waals surface area contributed by atoms with Gasteiger partial charge in [0, 0.05) is 12.0 Å². The van der Waals surface area contributed by atoms with Crippen molar-refractivity contribution in [3.63, 3.8) is 0 Å². The molecule has 0 radical (unpaired) electrons. The lowest BCUT2D eigenvalue weighted by Crippen LogP contribution is -2.42. The number of aliphatic hydroxyl groups is 1. The Morgan fingerprint density at radius 1 is 1.12 bits per heavy atom. The third-order valence-electron chi connectivity index (χ3n) is 4.07. The van der Waals surface area contributed by atoms with E-state index < -0.39 is 11.5 Å². The average molecular weight is 325 g/mol. The third kappa shape index (κ3) is 2.90. The molecule has 1 N–H and O–H groups in total. The molecule has 0 aliphatic carbocycles. The number of carbonyl (C=O) groups excluding carboxylic acids is 2. The molecule has 1 amide bonds. The number of benzene rings is 2. The zero-order valence-electron chi connectivity index (χ0n) is 13.4. The van der Waals surface area contributed by atoms with E-state index in [1.165, 1.54) is 11.8 Å². The first-order valence-corrected chi connectivity index (χ1v) is 7.83. The smallest absolute Gasteiger partial charge is 0.264 e. The van der Waals surface area contributed by atoms with Crippen molar-refractivity contribution in [2.24, 2.45) is 0 Å². The van der Waals surface area contributed by atoms with Crippen LogP contribution >= 0.6 is 0 Å². The molecule has 1 heterocycles. The van der Waals surface area contributed by atoms with Gasteiger partial charge in [-0.15, -0.1) is 0 Å². The van der Waals surface area contributed by atoms with Crippen LogP contribution in [0.3, 0.4) is 0 Å². The quantitative estimate of drug-likeness (QED) is 0.885. The fraction of sp³-hybridized carbons (Fsp3) is 0.263. The molecule has 5 nitrogen and oxygen atoms in total. The van der Waals surface area contributed by atoms with E-state index in [1.807, 2.05) is 30.3 Å². The summed E-state index contributed by atoms with van der Waals surface area (Å²) in [7, 11) is 0. The summed E-state index contributed by atoms with van der Waals surface area (Å²) in [5.41, 5.74) is -0.678. The third-order valence-corrected chi connectivity index (χ3v) is 4.07. The topological polar surface area (TPSA) is 66.8 Å². The van der Waals surface area contributed by atoms with Crippen LogP contribution in [-0.2, 0) is 15.2 Å². The SMILES string of the molecule is CC(=O)C[C@]1(O)C(=O)N(CCOc2ccccc2)c2ccccc21. The highest BCUT2D eigenvalue weighted by Crippen LogP contribution is 2.42. The van der Waals surface area contributed by atoms with Crippen LogP contribution in [0.1, 0.15) is 18.9 Å². The minimum absolute atomic E-state index is 0.223. The molecule has 124 valence electrons. The molecule has 24 heavy (non-hydrogen) atoms. The summed E-state index contributed by atoms with van der Waals surface area (Å²) >= 11 is 0. The highest BCUT2D eigenvalue weighted by atomic mass is 16.5. The molecule has 0 fully saturated rings. The van der Waals surface area contributed by atoms with Gasteiger partial charge in [-0.1, -0.05) is 36.4 Å². The molecule has 0 bridgehead atoms. The van der Waals surface area contributed by atoms with Crippen LogP contribution < -0.4 is 9.64 Å². The highest BCUT2D eigenvalue weighted by molar-refractivity contribution is 6.08. The van der Waals surface area contributed by atoms with Gasteiger partial charge in [0.05, 0.1) is 12.2 Å². The number of hydrogen-bond donors (Lipinski definition) is 1. The van der Waals surface area contributed by atoms with Gasteiger partial charge in [-0.25, -0.2) is 0 Å². The Morgan fingerprint density at radius 3 is 2.50 bits per heavy atom. The minimum Gasteiger partial charge on any atom is -0.492 e. The van der Waals surface area contributed by atoms with Gasteiger partial charge >= 0.3 is 0 Å². The van der Waals surface area contributed by atoms with Crippen molar-refractivity contribution in [3.8, 4) is 5.75 Å². The molecule has 1 aliphatic heterocycles. The molecule has 0 saturated carbocycles. The van der Waals surface area contributed by atoms with E-state index in [4.69, 9.17) is 4.74 Å². The van der Waals surface area contributed by atoms with Gasteiger partial charge in [0.15, 0.2) is 5.60 Å². The summed E-state index contributed by atoms with van der Waals surface area (Å²) in [5.74, 6) is 0.00929. The first-order chi connectivity index (χ1) is 11.5. The van der Waals surface area contributed by atoms with E-state index >= 15 is 0 Å². The Kier molecular flexibility index (Phi) is 4.36. The Morgan fingerprint density at radius 2 is 1.79 bits per heavy atom. The average Bonchev–Trinajstić information content (AvgIpc) is 2.77. The van der Waals surface area contributed by atoms with Gasteiger partial charge in [0.2, 0.25) is 0 Å². The molecule has 1 aliphatic rings. The second kappa shape index (κ2) is 6.45. The zero-order chi connectivity index (χ0) is 17.2. The fourth-order valence-electron chi connectivity index (χ4n) is 3.03. The maximum Gasteiger partial charge on any atom is 0.264 e. The molecule has 2 aromatic rings. The van der Waals surface area contributed by atoms with Gasteiger partial charge in [-0.05, 0) is 25.1 Å². The summed E-state index contributed by atoms with van der Waals surface area (Å²) in [6.07, 6.45) is -0.223. The van der Waals surface area contributed by atoms with Crippen LogP contribution in [0.5, 0.6) is 5.75 Å². The summed E-state index contributed by atoms with van der Waals surface area (Å²) in [5, 5.41) is 10.8. The molecule has 1 atom stereocenters. The van der Waals surface area contributed by atoms with Crippen LogP contribution in [0, 0.1) is 0 Å². The molecule has 0 saturated heterocycles. The maximum atomic E-state index is 12.7. The molecule has 5 heteroatoms. The predicted octanol–water partition coefficient (Wildman–Crippen LogP) is 2.28. The number of hydrogen-bond acceptors (Lipinski definition) is 4. The second-order valence-electron chi connectivity index (χ2n) is 5.87. The lowest BCUT2D eigenvalue weighted by atomic mass is 9.90. The monoisotopic (exact) mass is 325 g/mol. The standard InChI is InChI=1S/C19H19NO4/c1-14(21)13-19(23)16-9-5-6-10-17(16)20(18(19)22)11-12-24-15-7-3-2-4-8-15/h2-10,23H,11-13H2,1H3/t19-/m1/s1. The Labute approximate surface area is 140 Å². The van der Waals surface area contributed by atoms with Crippen LogP contribution in [0.25, 0.3) is 0 Å². The largest absolute Gasteiger partial charge is 0.492 e. The summed E-state index contributed by atoms with van der Waals surface area (Å²) < 4.78 is 5.64. The van der Waals surface area contributed by atoms with E-state index in [1.54, 1.807) is 24.3 Å². The van der Waals surface area contributed by atoms with Gasteiger partial charge < -0.3 is 14.7 Å². The van der Waals surface area contributed by atoms with Crippen molar-refractivity contribution < 1.29 is 19.4 Å². The van der Waals surface area contributed by atoms with Crippen molar-refractivity contribution >= 4 is 17.4 Å². The molecule has 2 aromatic carbocycles. The number of rotatable bonds is 6. The predicted molar refractivity (Wildman–Crippen MR) is 89.9 cm³/mol. The molecule has 0 aromatic heterocycles. The van der Waals surface area contributed by atoms with Crippen LogP contribution in [0.4, 0.5) is 5.69 Å². The number of fused-ring (bicyclic) bond motifs is 1. The Hall–Kier alpha value is -2.66. The molecular formula is C19H19NO4. The second-order valence-corrected chi connectivity index (χ2v) is 5.87. The lowest BCUT2D eigenvalue weighted by molar-refractivity contribution is -0.141. The van der Waals surface area contributed by atoms with E-state index in [2.05, 4.69) is 0 Å². The first kappa shape index (κ1) is 16.2. The normalized spacial score (nSPS) is 19.2. The van der Waals surface area contributed by atoms with Crippen LogP contribution in [0.15, 0.2) is 54.6 Å². The van der Waals surface area contributed by atoms with E-state index in [9.17, 15) is 14.7 Å². The van der Waals surface area contributed by atoms with Gasteiger partial charge in [0.1, 0.15) is 18.1 Å². The molecule has 3 rings (SSSR count). The van der Waals surface area contributed by atoms with Crippen molar-refractivity contribution in [3.05, 3.63) is 60.2 Å². The molecule has 0 unspecified atom stereocenters. The number of para-hydroxylation sites is 2. The number of Topliss-reactive ketones (excluding diaryl/α,β-unsaturated/α-hetero) is 1. The number of ketones is 1. The van der Waals surface area contributed by atoms with Crippen LogP contribution in [0.2, 0.25) is 0 Å². The van der Waals surface area contributed by atoms with Gasteiger partial charge in [0.25, 0.3) is 5.91 Å². The van der Waals surface area contributed by atoms with E-state index in [0.29, 0.717) is 24.4 Å². The summed E-state index contributed by atoms with van der Waals surface area (Å²) in [6.45, 7) is 1.96. The number of anilines is 1. The highest BCUT2D eigenvalue weighted by Gasteiger charge is 2.50. The van der Waals surface area contributed by atoms with Crippen molar-refractivity contribution in [2.75, 3.05) is 18.1 Å². The number of amides is 1. The van der Waals surface area contributed by atoms with Gasteiger partial charge in [-0.3, -0.25) is 9.59 Å². The minimum atomic E-state index is -1.78. The van der Waals surface area contributed by atoms with E-state index in [0.717, 1.165) is 5.75 Å². The molecule has 0 spiro atoms. The lowest BCUT2D eigenvalue weighted by Gasteiger charge is -2.22. The van der Waals surface area contributed by atoms with Crippen molar-refractivity contribution in [2.45, 2.75) is 18.9 Å². The van der Waals surface area contributed by atoms with Crippen molar-refractivity contribution in [1.29, 1.82) is 0 Å². The Balaban J connectivity index is 1.79. The zero-order valence-corrected chi connectivity index (χ0v) is 13.4. The number of carbonyl (C=O) groups is 2. The van der Waals surface area contributed by atoms with E-state index in [-0.39, 0.29) is 12.2 Å². The molecular weight excluding hydrogens is 306 g/mol. The number of nitrogens with zero attached hydrogens (tertiary/aromatic N) is 1. The fourth-order valence-corrected chi connectivity index (χ4v) is 3.03. The van der Waals surface area contributed by atoms with Gasteiger partial charge in [-0.2, -0.15) is 0 Å². The van der Waals surface area contributed by atoms with Crippen molar-refractivity contribution in [1.82, 2.24) is 0 Å². The Bertz CT molecular complexity index is 759. The number of ether oxygens (including phenoxy) is 1.